The van der Waals surface area contributed by atoms with Gasteiger partial charge in [-0.25, -0.2) is 12.8 Å². The second-order valence-corrected chi connectivity index (χ2v) is 10.0. The molecule has 1 aliphatic heterocycles. The molecule has 0 spiro atoms. The number of nitrogens with one attached hydrogen (secondary N) is 1. The molecule has 156 valence electrons. The van der Waals surface area contributed by atoms with E-state index in [9.17, 15) is 17.6 Å². The summed E-state index contributed by atoms with van der Waals surface area (Å²) in [5.74, 6) is -0.648. The van der Waals surface area contributed by atoms with Gasteiger partial charge in [0, 0.05) is 19.6 Å². The quantitative estimate of drug-likeness (QED) is 0.777. The van der Waals surface area contributed by atoms with Crippen molar-refractivity contribution in [2.24, 2.45) is 0 Å². The van der Waals surface area contributed by atoms with Gasteiger partial charge in [0.25, 0.3) is 0 Å². The first-order valence-electron chi connectivity index (χ1n) is 9.90. The number of hydrogen-bond acceptors (Lipinski definition) is 4. The number of amides is 1. The van der Waals surface area contributed by atoms with Crippen LogP contribution in [0.25, 0.3) is 0 Å². The number of carbonyl (C=O) groups is 1. The Kier molecular flexibility index (Phi) is 6.41. The van der Waals surface area contributed by atoms with Crippen LogP contribution in [0.4, 0.5) is 4.39 Å². The van der Waals surface area contributed by atoms with Gasteiger partial charge in [-0.3, -0.25) is 4.79 Å². The van der Waals surface area contributed by atoms with Crippen LogP contribution in [0, 0.1) is 5.82 Å². The lowest BCUT2D eigenvalue weighted by atomic mass is 9.78. The maximum atomic E-state index is 13.3. The molecular formula is C20H29FN2O4S. The Balaban J connectivity index is 1.63. The van der Waals surface area contributed by atoms with Crippen molar-refractivity contribution in [3.05, 3.63) is 35.6 Å². The Hall–Kier alpha value is -1.51. The highest BCUT2D eigenvalue weighted by Crippen LogP contribution is 2.41. The van der Waals surface area contributed by atoms with Crippen LogP contribution in [-0.2, 0) is 25.0 Å². The number of halogens is 1. The fourth-order valence-corrected chi connectivity index (χ4v) is 5.84. The Morgan fingerprint density at radius 3 is 2.32 bits per heavy atom. The molecule has 1 aliphatic carbocycles. The van der Waals surface area contributed by atoms with E-state index < -0.39 is 15.4 Å². The lowest BCUT2D eigenvalue weighted by molar-refractivity contribution is -0.126. The van der Waals surface area contributed by atoms with Crippen molar-refractivity contribution in [3.8, 4) is 0 Å². The smallest absolute Gasteiger partial charge is 0.230 e. The fourth-order valence-electron chi connectivity index (χ4n) is 4.34. The molecule has 1 saturated carbocycles. The van der Waals surface area contributed by atoms with Gasteiger partial charge in [-0.2, -0.15) is 4.31 Å². The van der Waals surface area contributed by atoms with Gasteiger partial charge in [-0.1, -0.05) is 25.0 Å². The molecule has 0 aromatic heterocycles. The first kappa shape index (κ1) is 21.2. The number of benzene rings is 1. The molecule has 28 heavy (non-hydrogen) atoms. The van der Waals surface area contributed by atoms with Crippen molar-refractivity contribution in [2.75, 3.05) is 25.4 Å². The van der Waals surface area contributed by atoms with Crippen LogP contribution >= 0.6 is 0 Å². The highest BCUT2D eigenvalue weighted by Gasteiger charge is 2.42. The number of ether oxygens (including phenoxy) is 1. The summed E-state index contributed by atoms with van der Waals surface area (Å²) in [6, 6.07) is 6.06. The molecule has 8 heteroatoms. The lowest BCUT2D eigenvalue weighted by Gasteiger charge is -2.34. The predicted octanol–water partition coefficient (Wildman–Crippen LogP) is 2.19. The van der Waals surface area contributed by atoms with Gasteiger partial charge in [0.15, 0.2) is 0 Å². The first-order chi connectivity index (χ1) is 13.2. The third-order valence-corrected chi connectivity index (χ3v) is 7.52. The molecule has 3 rings (SSSR count). The number of hydrogen-bond donors (Lipinski definition) is 1. The molecule has 2 aliphatic rings. The van der Waals surface area contributed by atoms with Crippen molar-refractivity contribution in [2.45, 2.75) is 57.2 Å². The summed E-state index contributed by atoms with van der Waals surface area (Å²) in [5.41, 5.74) is 0.0991. The molecular weight excluding hydrogens is 383 g/mol. The molecule has 1 amide bonds. The third kappa shape index (κ3) is 4.55. The van der Waals surface area contributed by atoms with E-state index in [-0.39, 0.29) is 36.2 Å². The SMILES string of the molecule is CC1CN(S(=O)(=O)CCNC(=O)C2(c3ccc(F)cc3)CCCC2)CC(C)O1. The Morgan fingerprint density at radius 2 is 1.75 bits per heavy atom. The monoisotopic (exact) mass is 412 g/mol. The van der Waals surface area contributed by atoms with Crippen LogP contribution < -0.4 is 5.32 Å². The van der Waals surface area contributed by atoms with Crippen LogP contribution in [0.1, 0.15) is 45.1 Å². The standard InChI is InChI=1S/C20H29FN2O4S/c1-15-13-23(14-16(2)27-15)28(25,26)12-11-22-19(24)20(9-3-4-10-20)17-5-7-18(21)8-6-17/h5-8,15-16H,3-4,9-14H2,1-2H3,(H,22,24). The molecule has 1 N–H and O–H groups in total. The van der Waals surface area contributed by atoms with Crippen LogP contribution in [0.15, 0.2) is 24.3 Å². The lowest BCUT2D eigenvalue weighted by Crippen LogP contribution is -2.50. The molecule has 1 saturated heterocycles. The minimum atomic E-state index is -3.47. The minimum absolute atomic E-state index is 0.0598. The zero-order valence-electron chi connectivity index (χ0n) is 16.5. The minimum Gasteiger partial charge on any atom is -0.373 e. The summed E-state index contributed by atoms with van der Waals surface area (Å²) in [4.78, 5) is 13.0. The zero-order valence-corrected chi connectivity index (χ0v) is 17.3. The first-order valence-corrected chi connectivity index (χ1v) is 11.5. The van der Waals surface area contributed by atoms with Crippen molar-refractivity contribution >= 4 is 15.9 Å². The van der Waals surface area contributed by atoms with E-state index in [1.54, 1.807) is 12.1 Å². The van der Waals surface area contributed by atoms with Crippen molar-refractivity contribution in [1.29, 1.82) is 0 Å². The second-order valence-electron chi connectivity index (χ2n) is 7.94. The maximum absolute atomic E-state index is 13.3. The van der Waals surface area contributed by atoms with Gasteiger partial charge in [-0.15, -0.1) is 0 Å². The summed E-state index contributed by atoms with van der Waals surface area (Å²) in [6.45, 7) is 4.43. The average molecular weight is 413 g/mol. The van der Waals surface area contributed by atoms with E-state index >= 15 is 0 Å². The highest BCUT2D eigenvalue weighted by atomic mass is 32.2. The Labute approximate surface area is 166 Å². The topological polar surface area (TPSA) is 75.7 Å². The summed E-state index contributed by atoms with van der Waals surface area (Å²) >= 11 is 0. The van der Waals surface area contributed by atoms with Crippen LogP contribution in [-0.4, -0.2) is 56.2 Å². The van der Waals surface area contributed by atoms with E-state index in [1.165, 1.54) is 16.4 Å². The molecule has 1 aromatic rings. The van der Waals surface area contributed by atoms with Crippen molar-refractivity contribution in [1.82, 2.24) is 9.62 Å². The number of rotatable bonds is 6. The van der Waals surface area contributed by atoms with E-state index in [4.69, 9.17) is 4.74 Å². The van der Waals surface area contributed by atoms with Crippen LogP contribution in [0.3, 0.4) is 0 Å². The fraction of sp³-hybridized carbons (Fsp3) is 0.650. The summed E-state index contributed by atoms with van der Waals surface area (Å²) in [6.07, 6.45) is 2.94. The molecule has 0 bridgehead atoms. The normalized spacial score (nSPS) is 25.5. The van der Waals surface area contributed by atoms with E-state index in [0.717, 1.165) is 18.4 Å². The number of nitrogens with zero attached hydrogens (tertiary/aromatic N) is 1. The van der Waals surface area contributed by atoms with Crippen molar-refractivity contribution < 1.29 is 22.3 Å². The number of sulfonamides is 1. The zero-order chi connectivity index (χ0) is 20.4. The largest absolute Gasteiger partial charge is 0.373 e. The van der Waals surface area contributed by atoms with Gasteiger partial charge in [0.2, 0.25) is 15.9 Å². The van der Waals surface area contributed by atoms with E-state index in [2.05, 4.69) is 5.32 Å². The average Bonchev–Trinajstić information content (AvgIpc) is 3.12. The summed E-state index contributed by atoms with van der Waals surface area (Å²) < 4.78 is 45.6. The molecule has 2 unspecified atom stereocenters. The highest BCUT2D eigenvalue weighted by molar-refractivity contribution is 7.89. The number of morpholine rings is 1. The maximum Gasteiger partial charge on any atom is 0.230 e. The van der Waals surface area contributed by atoms with Gasteiger partial charge in [-0.05, 0) is 44.4 Å². The van der Waals surface area contributed by atoms with Crippen LogP contribution in [0.5, 0.6) is 0 Å². The van der Waals surface area contributed by atoms with Crippen LogP contribution in [0.2, 0.25) is 0 Å². The molecule has 0 radical (unpaired) electrons. The Bertz CT molecular complexity index is 781. The van der Waals surface area contributed by atoms with E-state index in [1.807, 2.05) is 13.8 Å². The molecule has 6 nitrogen and oxygen atoms in total. The molecule has 1 aromatic carbocycles. The summed E-state index contributed by atoms with van der Waals surface area (Å²) in [7, 11) is -3.47. The van der Waals surface area contributed by atoms with Gasteiger partial charge < -0.3 is 10.1 Å². The molecule has 2 fully saturated rings. The Morgan fingerprint density at radius 1 is 1.18 bits per heavy atom. The second kappa shape index (κ2) is 8.47. The van der Waals surface area contributed by atoms with Crippen molar-refractivity contribution in [3.63, 3.8) is 0 Å². The van der Waals surface area contributed by atoms with Gasteiger partial charge in [0.05, 0.1) is 23.4 Å². The van der Waals surface area contributed by atoms with Gasteiger partial charge >= 0.3 is 0 Å². The third-order valence-electron chi connectivity index (χ3n) is 5.71. The predicted molar refractivity (Wildman–Crippen MR) is 105 cm³/mol. The molecule has 1 heterocycles. The molecule has 2 atom stereocenters. The van der Waals surface area contributed by atoms with E-state index in [0.29, 0.717) is 25.9 Å². The summed E-state index contributed by atoms with van der Waals surface area (Å²) in [5, 5.41) is 2.83. The van der Waals surface area contributed by atoms with Gasteiger partial charge in [0.1, 0.15) is 5.82 Å². The number of carbonyl (C=O) groups excluding carboxylic acids is 1.